The predicted octanol–water partition coefficient (Wildman–Crippen LogP) is 3.18. The van der Waals surface area contributed by atoms with Crippen molar-refractivity contribution in [3.8, 4) is 0 Å². The molecule has 0 atom stereocenters. The average molecular weight is 421 g/mol. The van der Waals surface area contributed by atoms with E-state index in [1.54, 1.807) is 0 Å². The smallest absolute Gasteiger partial charge is 0.207 e. The van der Waals surface area contributed by atoms with Gasteiger partial charge in [-0.3, -0.25) is 0 Å². The molecule has 0 saturated heterocycles. The Kier molecular flexibility index (Phi) is 5.91. The third-order valence-corrected chi connectivity index (χ3v) is 6.46. The fraction of sp³-hybridized carbons (Fsp3) is 0.455. The van der Waals surface area contributed by atoms with Gasteiger partial charge in [0.25, 0.3) is 0 Å². The van der Waals surface area contributed by atoms with Gasteiger partial charge < -0.3 is 0 Å². The first-order chi connectivity index (χ1) is 8.80. The Balaban J connectivity index is 3.14. The maximum atomic E-state index is 13.1. The summed E-state index contributed by atoms with van der Waals surface area (Å²) < 4.78 is 52.7. The molecule has 0 spiro atoms. The fourth-order valence-electron chi connectivity index (χ4n) is 1.34. The Morgan fingerprint density at radius 2 is 1.79 bits per heavy atom. The highest BCUT2D eigenvalue weighted by atomic mass is 79.9. The zero-order chi connectivity index (χ0) is 14.7. The quantitative estimate of drug-likeness (QED) is 0.718. The fourth-order valence-corrected chi connectivity index (χ4v) is 5.19. The Hall–Kier alpha value is -0.0500. The molecular formula is C11H13Br2F2NO2S. The van der Waals surface area contributed by atoms with Gasteiger partial charge in [-0.1, -0.05) is 38.8 Å². The van der Waals surface area contributed by atoms with Gasteiger partial charge in [-0.15, -0.1) is 0 Å². The maximum absolute atomic E-state index is 13.1. The number of sulfonamides is 1. The zero-order valence-electron chi connectivity index (χ0n) is 10.1. The summed E-state index contributed by atoms with van der Waals surface area (Å²) in [6.07, 6.45) is 0.534. The molecule has 0 aliphatic rings. The number of rotatable bonds is 6. The SMILES string of the molecule is CCC(CBr)(CBr)NS(=O)(=O)c1ccc(F)c(F)c1. The van der Waals surface area contributed by atoms with Crippen molar-refractivity contribution in [2.75, 3.05) is 10.7 Å². The molecule has 1 aromatic carbocycles. The van der Waals surface area contributed by atoms with E-state index in [2.05, 4.69) is 36.6 Å². The van der Waals surface area contributed by atoms with Crippen LogP contribution in [-0.2, 0) is 10.0 Å². The van der Waals surface area contributed by atoms with Crippen LogP contribution in [0.2, 0.25) is 0 Å². The van der Waals surface area contributed by atoms with Crippen LogP contribution in [0.15, 0.2) is 23.1 Å². The Labute approximate surface area is 128 Å². The first-order valence-electron chi connectivity index (χ1n) is 5.41. The van der Waals surface area contributed by atoms with Gasteiger partial charge in [-0.05, 0) is 24.6 Å². The molecule has 0 fully saturated rings. The molecule has 19 heavy (non-hydrogen) atoms. The van der Waals surface area contributed by atoms with Gasteiger partial charge in [0.1, 0.15) is 0 Å². The maximum Gasteiger partial charge on any atom is 0.241 e. The average Bonchev–Trinajstić information content (AvgIpc) is 2.39. The molecule has 0 aliphatic carbocycles. The summed E-state index contributed by atoms with van der Waals surface area (Å²) in [5.74, 6) is -2.27. The molecule has 0 saturated carbocycles. The van der Waals surface area contributed by atoms with Crippen LogP contribution >= 0.6 is 31.9 Å². The van der Waals surface area contributed by atoms with Crippen molar-refractivity contribution in [1.29, 1.82) is 0 Å². The van der Waals surface area contributed by atoms with Gasteiger partial charge in [0.15, 0.2) is 11.6 Å². The highest BCUT2D eigenvalue weighted by molar-refractivity contribution is 9.09. The molecule has 1 N–H and O–H groups in total. The van der Waals surface area contributed by atoms with Crippen LogP contribution in [0.1, 0.15) is 13.3 Å². The standard InChI is InChI=1S/C11H13Br2F2NO2S/c1-2-11(6-12,7-13)16-19(17,18)8-3-4-9(14)10(15)5-8/h3-5,16H,2,6-7H2,1H3. The van der Waals surface area contributed by atoms with E-state index in [4.69, 9.17) is 0 Å². The molecule has 0 heterocycles. The van der Waals surface area contributed by atoms with E-state index in [0.717, 1.165) is 12.1 Å². The summed E-state index contributed by atoms with van der Waals surface area (Å²) in [5, 5.41) is 0.787. The van der Waals surface area contributed by atoms with Crippen molar-refractivity contribution in [3.05, 3.63) is 29.8 Å². The number of benzene rings is 1. The minimum atomic E-state index is -3.91. The Bertz CT molecular complexity index is 539. The molecule has 1 rings (SSSR count). The van der Waals surface area contributed by atoms with Gasteiger partial charge in [0.05, 0.1) is 10.4 Å². The zero-order valence-corrected chi connectivity index (χ0v) is 14.1. The van der Waals surface area contributed by atoms with E-state index in [0.29, 0.717) is 23.1 Å². The third kappa shape index (κ3) is 3.96. The van der Waals surface area contributed by atoms with Gasteiger partial charge in [-0.25, -0.2) is 21.9 Å². The number of nitrogens with one attached hydrogen (secondary N) is 1. The molecule has 0 unspecified atom stereocenters. The monoisotopic (exact) mass is 419 g/mol. The van der Waals surface area contributed by atoms with Gasteiger partial charge >= 0.3 is 0 Å². The minimum Gasteiger partial charge on any atom is -0.207 e. The summed E-state index contributed by atoms with van der Waals surface area (Å²) >= 11 is 6.51. The van der Waals surface area contributed by atoms with Crippen LogP contribution in [0, 0.1) is 11.6 Å². The lowest BCUT2D eigenvalue weighted by molar-refractivity contribution is 0.458. The van der Waals surface area contributed by atoms with Gasteiger partial charge in [-0.2, -0.15) is 0 Å². The van der Waals surface area contributed by atoms with Gasteiger partial charge in [0.2, 0.25) is 10.0 Å². The Morgan fingerprint density at radius 1 is 1.21 bits per heavy atom. The molecule has 1 aromatic rings. The van der Waals surface area contributed by atoms with Crippen molar-refractivity contribution in [2.45, 2.75) is 23.8 Å². The van der Waals surface area contributed by atoms with E-state index in [1.165, 1.54) is 0 Å². The predicted molar refractivity (Wildman–Crippen MR) is 77.3 cm³/mol. The van der Waals surface area contributed by atoms with E-state index < -0.39 is 27.2 Å². The molecule has 0 amide bonds. The van der Waals surface area contributed by atoms with Crippen molar-refractivity contribution in [2.24, 2.45) is 0 Å². The summed E-state index contributed by atoms with van der Waals surface area (Å²) in [4.78, 5) is -0.300. The molecular weight excluding hydrogens is 408 g/mol. The minimum absolute atomic E-state index is 0.300. The number of alkyl halides is 2. The van der Waals surface area contributed by atoms with E-state index in [9.17, 15) is 17.2 Å². The first kappa shape index (κ1) is 17.0. The number of halogens is 4. The van der Waals surface area contributed by atoms with Crippen molar-refractivity contribution in [1.82, 2.24) is 4.72 Å². The normalized spacial score (nSPS) is 12.7. The van der Waals surface area contributed by atoms with E-state index >= 15 is 0 Å². The van der Waals surface area contributed by atoms with Gasteiger partial charge in [0, 0.05) is 10.7 Å². The molecule has 0 bridgehead atoms. The van der Waals surface area contributed by atoms with Crippen molar-refractivity contribution in [3.63, 3.8) is 0 Å². The van der Waals surface area contributed by atoms with Crippen LogP contribution in [-0.4, -0.2) is 24.6 Å². The topological polar surface area (TPSA) is 46.2 Å². The summed E-state index contributed by atoms with van der Waals surface area (Å²) in [6, 6.07) is 2.49. The largest absolute Gasteiger partial charge is 0.241 e. The lowest BCUT2D eigenvalue weighted by atomic mass is 10.0. The molecule has 0 aliphatic heterocycles. The summed E-state index contributed by atoms with van der Waals surface area (Å²) in [7, 11) is -3.91. The lowest BCUT2D eigenvalue weighted by Gasteiger charge is -2.29. The molecule has 8 heteroatoms. The lowest BCUT2D eigenvalue weighted by Crippen LogP contribution is -2.50. The highest BCUT2D eigenvalue weighted by Crippen LogP contribution is 2.21. The van der Waals surface area contributed by atoms with Crippen molar-refractivity contribution >= 4 is 41.9 Å². The van der Waals surface area contributed by atoms with Crippen LogP contribution in [0.5, 0.6) is 0 Å². The number of hydrogen-bond donors (Lipinski definition) is 1. The second-order valence-corrected chi connectivity index (χ2v) is 6.89. The first-order valence-corrected chi connectivity index (χ1v) is 9.14. The highest BCUT2D eigenvalue weighted by Gasteiger charge is 2.32. The second kappa shape index (κ2) is 6.60. The third-order valence-electron chi connectivity index (χ3n) is 2.74. The van der Waals surface area contributed by atoms with Crippen LogP contribution < -0.4 is 4.72 Å². The van der Waals surface area contributed by atoms with Crippen molar-refractivity contribution < 1.29 is 17.2 Å². The summed E-state index contributed by atoms with van der Waals surface area (Å²) in [5.41, 5.74) is -0.719. The van der Waals surface area contributed by atoms with E-state index in [-0.39, 0.29) is 4.90 Å². The number of hydrogen-bond acceptors (Lipinski definition) is 2. The Morgan fingerprint density at radius 3 is 2.21 bits per heavy atom. The van der Waals surface area contributed by atoms with Crippen LogP contribution in [0.3, 0.4) is 0 Å². The molecule has 0 aromatic heterocycles. The summed E-state index contributed by atoms with van der Waals surface area (Å²) in [6.45, 7) is 1.83. The van der Waals surface area contributed by atoms with Crippen LogP contribution in [0.4, 0.5) is 8.78 Å². The van der Waals surface area contributed by atoms with E-state index in [1.807, 2.05) is 6.92 Å². The molecule has 0 radical (unpaired) electrons. The van der Waals surface area contributed by atoms with Crippen LogP contribution in [0.25, 0.3) is 0 Å². The second-order valence-electron chi connectivity index (χ2n) is 4.08. The molecule has 3 nitrogen and oxygen atoms in total. The molecule has 108 valence electrons.